The van der Waals surface area contributed by atoms with Gasteiger partial charge in [0.2, 0.25) is 0 Å². The normalized spacial score (nSPS) is 12.4. The first kappa shape index (κ1) is 12.5. The maximum absolute atomic E-state index is 3.72. The SMILES string of the molecule is C=CCCNC(CC)c1cccc(Br)c1. The predicted molar refractivity (Wildman–Crippen MR) is 70.0 cm³/mol. The van der Waals surface area contributed by atoms with Crippen LogP contribution in [0.2, 0.25) is 0 Å². The van der Waals surface area contributed by atoms with Gasteiger partial charge in [-0.3, -0.25) is 0 Å². The Morgan fingerprint density at radius 3 is 2.93 bits per heavy atom. The fraction of sp³-hybridized carbons (Fsp3) is 0.385. The molecule has 0 amide bonds. The van der Waals surface area contributed by atoms with E-state index >= 15 is 0 Å². The molecule has 1 aromatic rings. The van der Waals surface area contributed by atoms with Crippen molar-refractivity contribution in [2.45, 2.75) is 25.8 Å². The minimum absolute atomic E-state index is 0.447. The molecule has 1 N–H and O–H groups in total. The molecular formula is C13H18BrN. The first-order valence-corrected chi connectivity index (χ1v) is 6.17. The minimum atomic E-state index is 0.447. The van der Waals surface area contributed by atoms with Crippen molar-refractivity contribution in [3.8, 4) is 0 Å². The summed E-state index contributed by atoms with van der Waals surface area (Å²) in [6.45, 7) is 6.92. The molecule has 0 aliphatic rings. The second-order valence-electron chi connectivity index (χ2n) is 3.55. The molecular weight excluding hydrogens is 250 g/mol. The molecule has 1 unspecified atom stereocenters. The highest BCUT2D eigenvalue weighted by Crippen LogP contribution is 2.20. The molecule has 0 saturated carbocycles. The molecule has 0 bridgehead atoms. The Morgan fingerprint density at radius 2 is 2.33 bits per heavy atom. The second kappa shape index (κ2) is 6.81. The van der Waals surface area contributed by atoms with Gasteiger partial charge in [0.05, 0.1) is 0 Å². The van der Waals surface area contributed by atoms with E-state index in [0.717, 1.165) is 23.9 Å². The topological polar surface area (TPSA) is 12.0 Å². The number of rotatable bonds is 6. The van der Waals surface area contributed by atoms with Crippen molar-refractivity contribution in [2.24, 2.45) is 0 Å². The summed E-state index contributed by atoms with van der Waals surface area (Å²) >= 11 is 3.50. The molecule has 0 fully saturated rings. The Bertz CT molecular complexity index is 309. The van der Waals surface area contributed by atoms with Gasteiger partial charge in [-0.15, -0.1) is 6.58 Å². The van der Waals surface area contributed by atoms with Crippen LogP contribution in [0.25, 0.3) is 0 Å². The van der Waals surface area contributed by atoms with Gasteiger partial charge in [-0.05, 0) is 37.1 Å². The molecule has 1 rings (SSSR count). The van der Waals surface area contributed by atoms with Gasteiger partial charge in [-0.1, -0.05) is 41.1 Å². The number of hydrogen-bond donors (Lipinski definition) is 1. The maximum Gasteiger partial charge on any atom is 0.0318 e. The lowest BCUT2D eigenvalue weighted by molar-refractivity contribution is 0.525. The first-order valence-electron chi connectivity index (χ1n) is 5.37. The monoisotopic (exact) mass is 267 g/mol. The average molecular weight is 268 g/mol. The van der Waals surface area contributed by atoms with E-state index in [0.29, 0.717) is 6.04 Å². The molecule has 0 spiro atoms. The van der Waals surface area contributed by atoms with E-state index in [9.17, 15) is 0 Å². The molecule has 2 heteroatoms. The minimum Gasteiger partial charge on any atom is -0.310 e. The maximum atomic E-state index is 3.72. The molecule has 15 heavy (non-hydrogen) atoms. The van der Waals surface area contributed by atoms with Gasteiger partial charge in [0, 0.05) is 10.5 Å². The van der Waals surface area contributed by atoms with Crippen molar-refractivity contribution in [2.75, 3.05) is 6.54 Å². The quantitative estimate of drug-likeness (QED) is 0.606. The third-order valence-corrected chi connectivity index (χ3v) is 2.89. The fourth-order valence-electron chi connectivity index (χ4n) is 1.58. The largest absolute Gasteiger partial charge is 0.310 e. The Morgan fingerprint density at radius 1 is 1.53 bits per heavy atom. The summed E-state index contributed by atoms with van der Waals surface area (Å²) in [5.41, 5.74) is 1.34. The molecule has 0 heterocycles. The lowest BCUT2D eigenvalue weighted by Gasteiger charge is -2.17. The van der Waals surface area contributed by atoms with Crippen LogP contribution in [0, 0.1) is 0 Å². The number of nitrogens with one attached hydrogen (secondary N) is 1. The summed E-state index contributed by atoms with van der Waals surface area (Å²) in [5.74, 6) is 0. The van der Waals surface area contributed by atoms with Crippen LogP contribution in [0.5, 0.6) is 0 Å². The number of hydrogen-bond acceptors (Lipinski definition) is 1. The highest BCUT2D eigenvalue weighted by atomic mass is 79.9. The Labute approximate surface area is 101 Å². The Kier molecular flexibility index (Phi) is 5.66. The van der Waals surface area contributed by atoms with E-state index in [4.69, 9.17) is 0 Å². The van der Waals surface area contributed by atoms with Gasteiger partial charge >= 0.3 is 0 Å². The van der Waals surface area contributed by atoms with Gasteiger partial charge < -0.3 is 5.32 Å². The van der Waals surface area contributed by atoms with Crippen molar-refractivity contribution < 1.29 is 0 Å². The van der Waals surface area contributed by atoms with Crippen LogP contribution in [0.4, 0.5) is 0 Å². The molecule has 82 valence electrons. The smallest absolute Gasteiger partial charge is 0.0318 e. The van der Waals surface area contributed by atoms with E-state index in [2.05, 4.69) is 59.0 Å². The molecule has 0 aliphatic heterocycles. The van der Waals surface area contributed by atoms with Crippen molar-refractivity contribution in [3.63, 3.8) is 0 Å². The average Bonchev–Trinajstić information content (AvgIpc) is 2.24. The van der Waals surface area contributed by atoms with Gasteiger partial charge in [0.1, 0.15) is 0 Å². The summed E-state index contributed by atoms with van der Waals surface area (Å²) < 4.78 is 1.14. The summed E-state index contributed by atoms with van der Waals surface area (Å²) in [6, 6.07) is 8.93. The van der Waals surface area contributed by atoms with Crippen LogP contribution < -0.4 is 5.32 Å². The highest BCUT2D eigenvalue weighted by molar-refractivity contribution is 9.10. The second-order valence-corrected chi connectivity index (χ2v) is 4.46. The van der Waals surface area contributed by atoms with E-state index in [1.807, 2.05) is 6.08 Å². The summed E-state index contributed by atoms with van der Waals surface area (Å²) in [7, 11) is 0. The van der Waals surface area contributed by atoms with E-state index in [1.54, 1.807) is 0 Å². The van der Waals surface area contributed by atoms with Gasteiger partial charge in [-0.25, -0.2) is 0 Å². The van der Waals surface area contributed by atoms with Gasteiger partial charge in [0.15, 0.2) is 0 Å². The van der Waals surface area contributed by atoms with Crippen LogP contribution in [0.3, 0.4) is 0 Å². The lowest BCUT2D eigenvalue weighted by atomic mass is 10.0. The van der Waals surface area contributed by atoms with E-state index in [-0.39, 0.29) is 0 Å². The van der Waals surface area contributed by atoms with Crippen LogP contribution in [0.1, 0.15) is 31.4 Å². The molecule has 0 aromatic heterocycles. The first-order chi connectivity index (χ1) is 7.27. The van der Waals surface area contributed by atoms with Gasteiger partial charge in [-0.2, -0.15) is 0 Å². The predicted octanol–water partition coefficient (Wildman–Crippen LogP) is 4.07. The van der Waals surface area contributed by atoms with E-state index < -0.39 is 0 Å². The van der Waals surface area contributed by atoms with Crippen molar-refractivity contribution >= 4 is 15.9 Å². The lowest BCUT2D eigenvalue weighted by Crippen LogP contribution is -2.21. The zero-order valence-electron chi connectivity index (χ0n) is 9.17. The Hall–Kier alpha value is -0.600. The van der Waals surface area contributed by atoms with Crippen LogP contribution in [-0.4, -0.2) is 6.54 Å². The summed E-state index contributed by atoms with van der Waals surface area (Å²) in [5, 5.41) is 3.52. The molecule has 1 nitrogen and oxygen atoms in total. The molecule has 0 saturated heterocycles. The molecule has 0 aliphatic carbocycles. The van der Waals surface area contributed by atoms with E-state index in [1.165, 1.54) is 5.56 Å². The van der Waals surface area contributed by atoms with Crippen LogP contribution >= 0.6 is 15.9 Å². The standard InChI is InChI=1S/C13H18BrN/c1-3-5-9-15-13(4-2)11-7-6-8-12(14)10-11/h3,6-8,10,13,15H,1,4-5,9H2,2H3. The molecule has 0 radical (unpaired) electrons. The molecule has 1 atom stereocenters. The summed E-state index contributed by atoms with van der Waals surface area (Å²) in [4.78, 5) is 0. The Balaban J connectivity index is 2.61. The third-order valence-electron chi connectivity index (χ3n) is 2.40. The van der Waals surface area contributed by atoms with Crippen LogP contribution in [-0.2, 0) is 0 Å². The molecule has 1 aromatic carbocycles. The third kappa shape index (κ3) is 4.18. The number of halogens is 1. The van der Waals surface area contributed by atoms with Crippen molar-refractivity contribution in [1.29, 1.82) is 0 Å². The number of benzene rings is 1. The zero-order chi connectivity index (χ0) is 11.1. The zero-order valence-corrected chi connectivity index (χ0v) is 10.8. The van der Waals surface area contributed by atoms with Crippen LogP contribution in [0.15, 0.2) is 41.4 Å². The highest BCUT2D eigenvalue weighted by Gasteiger charge is 2.07. The summed E-state index contributed by atoms with van der Waals surface area (Å²) in [6.07, 6.45) is 4.07. The fourth-order valence-corrected chi connectivity index (χ4v) is 2.00. The van der Waals surface area contributed by atoms with Crippen molar-refractivity contribution in [1.82, 2.24) is 5.32 Å². The van der Waals surface area contributed by atoms with Crippen molar-refractivity contribution in [3.05, 3.63) is 47.0 Å². The van der Waals surface area contributed by atoms with Gasteiger partial charge in [0.25, 0.3) is 0 Å².